The van der Waals surface area contributed by atoms with Crippen LogP contribution in [0, 0.1) is 0 Å². The summed E-state index contributed by atoms with van der Waals surface area (Å²) in [6, 6.07) is 8.61. The van der Waals surface area contributed by atoms with Gasteiger partial charge >= 0.3 is 0 Å². The number of benzene rings is 1. The van der Waals surface area contributed by atoms with E-state index in [0.29, 0.717) is 19.1 Å². The van der Waals surface area contributed by atoms with Gasteiger partial charge in [-0.15, -0.1) is 0 Å². The highest BCUT2D eigenvalue weighted by molar-refractivity contribution is 5.24. The van der Waals surface area contributed by atoms with Gasteiger partial charge in [0.25, 0.3) is 0 Å². The fourth-order valence-corrected chi connectivity index (χ4v) is 1.77. The lowest BCUT2D eigenvalue weighted by Crippen LogP contribution is -2.31. The molecule has 2 N–H and O–H groups in total. The molecule has 0 heterocycles. The summed E-state index contributed by atoms with van der Waals surface area (Å²) in [4.78, 5) is 0. The van der Waals surface area contributed by atoms with Crippen molar-refractivity contribution in [3.8, 4) is 0 Å². The van der Waals surface area contributed by atoms with Crippen molar-refractivity contribution in [3.63, 3.8) is 0 Å². The van der Waals surface area contributed by atoms with Crippen LogP contribution in [0.4, 0.5) is 0 Å². The Morgan fingerprint density at radius 2 is 1.74 bits per heavy atom. The van der Waals surface area contributed by atoms with Crippen molar-refractivity contribution in [2.45, 2.75) is 52.4 Å². The van der Waals surface area contributed by atoms with Crippen LogP contribution in [0.1, 0.15) is 44.7 Å². The third-order valence-corrected chi connectivity index (χ3v) is 2.98. The lowest BCUT2D eigenvalue weighted by Gasteiger charge is -2.14. The van der Waals surface area contributed by atoms with Crippen LogP contribution < -0.4 is 5.32 Å². The average molecular weight is 265 g/mol. The minimum absolute atomic E-state index is 0.165. The molecule has 0 saturated heterocycles. The number of hydrogen-bond acceptors (Lipinski definition) is 3. The molecule has 19 heavy (non-hydrogen) atoms. The molecule has 1 unspecified atom stereocenters. The maximum Gasteiger partial charge on any atom is 0.0897 e. The van der Waals surface area contributed by atoms with E-state index in [9.17, 15) is 5.11 Å². The molecule has 0 fully saturated rings. The molecule has 0 aromatic heterocycles. The summed E-state index contributed by atoms with van der Waals surface area (Å²) in [7, 11) is 0. The number of aliphatic hydroxyl groups is 1. The second kappa shape index (κ2) is 8.31. The first-order valence-corrected chi connectivity index (χ1v) is 7.08. The van der Waals surface area contributed by atoms with Crippen LogP contribution >= 0.6 is 0 Å². The number of nitrogens with one attached hydrogen (secondary N) is 1. The van der Waals surface area contributed by atoms with Gasteiger partial charge in [-0.25, -0.2) is 0 Å². The fraction of sp³-hybridized carbons (Fsp3) is 0.625. The topological polar surface area (TPSA) is 41.5 Å². The summed E-state index contributed by atoms with van der Waals surface area (Å²) in [6.07, 6.45) is -0.282. The van der Waals surface area contributed by atoms with E-state index >= 15 is 0 Å². The molecule has 0 aliphatic heterocycles. The Bertz CT molecular complexity index is 346. The molecule has 1 rings (SSSR count). The molecule has 0 bridgehead atoms. The van der Waals surface area contributed by atoms with Crippen molar-refractivity contribution in [1.29, 1.82) is 0 Å². The zero-order valence-corrected chi connectivity index (χ0v) is 12.5. The summed E-state index contributed by atoms with van der Waals surface area (Å²) in [5.74, 6) is 0.567. The fourth-order valence-electron chi connectivity index (χ4n) is 1.77. The van der Waals surface area contributed by atoms with E-state index in [1.165, 1.54) is 11.1 Å². The van der Waals surface area contributed by atoms with Crippen LogP contribution in [-0.2, 0) is 11.3 Å². The zero-order chi connectivity index (χ0) is 14.3. The quantitative estimate of drug-likeness (QED) is 0.759. The van der Waals surface area contributed by atoms with Gasteiger partial charge in [-0.3, -0.25) is 0 Å². The standard InChI is InChI=1S/C16H27NO2/c1-12(2)15-7-5-14(6-8-15)9-17-10-16(18)11-19-13(3)4/h5-8,12-13,16-18H,9-11H2,1-4H3. The molecule has 3 heteroatoms. The molecule has 0 spiro atoms. The Morgan fingerprint density at radius 1 is 1.11 bits per heavy atom. The third-order valence-electron chi connectivity index (χ3n) is 2.98. The molecule has 108 valence electrons. The van der Waals surface area contributed by atoms with Crippen LogP contribution in [-0.4, -0.2) is 30.5 Å². The number of ether oxygens (including phenoxy) is 1. The van der Waals surface area contributed by atoms with Gasteiger partial charge in [0, 0.05) is 13.1 Å². The van der Waals surface area contributed by atoms with Crippen molar-refractivity contribution < 1.29 is 9.84 Å². The molecule has 1 atom stereocenters. The predicted octanol–water partition coefficient (Wildman–Crippen LogP) is 2.69. The highest BCUT2D eigenvalue weighted by Crippen LogP contribution is 2.14. The van der Waals surface area contributed by atoms with E-state index in [2.05, 4.69) is 43.4 Å². The SMILES string of the molecule is CC(C)OCC(O)CNCc1ccc(C(C)C)cc1. The van der Waals surface area contributed by atoms with Gasteiger partial charge in [0.05, 0.1) is 18.8 Å². The Kier molecular flexibility index (Phi) is 7.06. The van der Waals surface area contributed by atoms with E-state index in [1.807, 2.05) is 13.8 Å². The van der Waals surface area contributed by atoms with Crippen molar-refractivity contribution in [3.05, 3.63) is 35.4 Å². The number of rotatable bonds is 8. The van der Waals surface area contributed by atoms with E-state index in [-0.39, 0.29) is 6.10 Å². The van der Waals surface area contributed by atoms with Gasteiger partial charge in [-0.1, -0.05) is 38.1 Å². The Hall–Kier alpha value is -0.900. The predicted molar refractivity (Wildman–Crippen MR) is 79.3 cm³/mol. The minimum atomic E-state index is -0.447. The van der Waals surface area contributed by atoms with Crippen LogP contribution in [0.15, 0.2) is 24.3 Å². The number of aliphatic hydroxyl groups excluding tert-OH is 1. The van der Waals surface area contributed by atoms with Crippen molar-refractivity contribution in [2.24, 2.45) is 0 Å². The van der Waals surface area contributed by atoms with Crippen LogP contribution in [0.5, 0.6) is 0 Å². The largest absolute Gasteiger partial charge is 0.389 e. The summed E-state index contributed by atoms with van der Waals surface area (Å²) < 4.78 is 5.36. The molecule has 0 radical (unpaired) electrons. The molecule has 1 aromatic carbocycles. The molecule has 0 aliphatic carbocycles. The molecular weight excluding hydrogens is 238 g/mol. The molecular formula is C16H27NO2. The highest BCUT2D eigenvalue weighted by atomic mass is 16.5. The molecule has 0 aliphatic rings. The maximum absolute atomic E-state index is 9.71. The number of hydrogen-bond donors (Lipinski definition) is 2. The second-order valence-electron chi connectivity index (χ2n) is 5.56. The van der Waals surface area contributed by atoms with Crippen LogP contribution in [0.25, 0.3) is 0 Å². The first-order chi connectivity index (χ1) is 8.99. The molecule has 3 nitrogen and oxygen atoms in total. The average Bonchev–Trinajstić information content (AvgIpc) is 2.37. The smallest absolute Gasteiger partial charge is 0.0897 e. The Labute approximate surface area is 117 Å². The molecule has 0 amide bonds. The first-order valence-electron chi connectivity index (χ1n) is 7.08. The van der Waals surface area contributed by atoms with E-state index in [1.54, 1.807) is 0 Å². The first kappa shape index (κ1) is 16.2. The van der Waals surface area contributed by atoms with E-state index in [0.717, 1.165) is 6.54 Å². The van der Waals surface area contributed by atoms with Gasteiger partial charge in [-0.2, -0.15) is 0 Å². The summed E-state index contributed by atoms with van der Waals surface area (Å²) >= 11 is 0. The van der Waals surface area contributed by atoms with Gasteiger partial charge < -0.3 is 15.2 Å². The second-order valence-corrected chi connectivity index (χ2v) is 5.56. The normalized spacial score (nSPS) is 13.2. The Morgan fingerprint density at radius 3 is 2.26 bits per heavy atom. The highest BCUT2D eigenvalue weighted by Gasteiger charge is 2.05. The van der Waals surface area contributed by atoms with Crippen molar-refractivity contribution in [2.75, 3.05) is 13.2 Å². The summed E-state index contributed by atoms with van der Waals surface area (Å²) in [5.41, 5.74) is 2.59. The summed E-state index contributed by atoms with van der Waals surface area (Å²) in [6.45, 7) is 10.0. The van der Waals surface area contributed by atoms with Gasteiger partial charge in [-0.05, 0) is 30.9 Å². The monoisotopic (exact) mass is 265 g/mol. The molecule has 0 saturated carbocycles. The van der Waals surface area contributed by atoms with E-state index < -0.39 is 6.10 Å². The lowest BCUT2D eigenvalue weighted by atomic mass is 10.0. The van der Waals surface area contributed by atoms with Crippen molar-refractivity contribution in [1.82, 2.24) is 5.32 Å². The third kappa shape index (κ3) is 6.71. The van der Waals surface area contributed by atoms with Gasteiger partial charge in [0.15, 0.2) is 0 Å². The summed E-state index contributed by atoms with van der Waals surface area (Å²) in [5, 5.41) is 12.9. The zero-order valence-electron chi connectivity index (χ0n) is 12.5. The van der Waals surface area contributed by atoms with Gasteiger partial charge in [0.2, 0.25) is 0 Å². The van der Waals surface area contributed by atoms with Crippen molar-refractivity contribution >= 4 is 0 Å². The molecule has 1 aromatic rings. The van der Waals surface area contributed by atoms with Crippen LogP contribution in [0.3, 0.4) is 0 Å². The van der Waals surface area contributed by atoms with Gasteiger partial charge in [0.1, 0.15) is 0 Å². The van der Waals surface area contributed by atoms with E-state index in [4.69, 9.17) is 4.74 Å². The maximum atomic E-state index is 9.71. The van der Waals surface area contributed by atoms with Crippen LogP contribution in [0.2, 0.25) is 0 Å². The minimum Gasteiger partial charge on any atom is -0.389 e. The Balaban J connectivity index is 2.25. The lowest BCUT2D eigenvalue weighted by molar-refractivity contribution is 0.00630.